The zero-order valence-corrected chi connectivity index (χ0v) is 11.9. The van der Waals surface area contributed by atoms with Gasteiger partial charge in [0, 0.05) is 17.2 Å². The molecule has 100 valence electrons. The van der Waals surface area contributed by atoms with E-state index in [0.29, 0.717) is 5.82 Å². The van der Waals surface area contributed by atoms with E-state index in [0.717, 1.165) is 22.9 Å². The SMILES string of the molecule is Cc1ccccc1Nc1cc(N)nc(C(C)(C)C)n1. The summed E-state index contributed by atoms with van der Waals surface area (Å²) < 4.78 is 0. The standard InChI is InChI=1S/C15H20N4/c1-10-7-5-6-8-11(10)17-13-9-12(16)18-14(19-13)15(2,3)4/h5-9H,1-4H3,(H3,16,17,18,19). The molecule has 1 heterocycles. The van der Waals surface area contributed by atoms with Crippen LogP contribution in [0.1, 0.15) is 32.2 Å². The van der Waals surface area contributed by atoms with Gasteiger partial charge < -0.3 is 11.1 Å². The Kier molecular flexibility index (Phi) is 3.42. The van der Waals surface area contributed by atoms with Gasteiger partial charge in [0.05, 0.1) is 0 Å². The van der Waals surface area contributed by atoms with Crippen LogP contribution in [0.3, 0.4) is 0 Å². The van der Waals surface area contributed by atoms with E-state index in [9.17, 15) is 0 Å². The molecule has 2 rings (SSSR count). The van der Waals surface area contributed by atoms with Gasteiger partial charge in [0.15, 0.2) is 0 Å². The third kappa shape index (κ3) is 3.22. The van der Waals surface area contributed by atoms with Crippen molar-refractivity contribution < 1.29 is 0 Å². The predicted octanol–water partition coefficient (Wildman–Crippen LogP) is 3.41. The van der Waals surface area contributed by atoms with Crippen LogP contribution in [0.15, 0.2) is 30.3 Å². The third-order valence-electron chi connectivity index (χ3n) is 2.82. The molecule has 0 atom stereocenters. The minimum absolute atomic E-state index is 0.127. The molecule has 0 aliphatic heterocycles. The van der Waals surface area contributed by atoms with Crippen LogP contribution in [0.2, 0.25) is 0 Å². The zero-order valence-electron chi connectivity index (χ0n) is 11.9. The molecule has 4 heteroatoms. The Hall–Kier alpha value is -2.10. The molecule has 2 aromatic rings. The second kappa shape index (κ2) is 4.88. The highest BCUT2D eigenvalue weighted by Crippen LogP contribution is 2.24. The highest BCUT2D eigenvalue weighted by Gasteiger charge is 2.18. The van der Waals surface area contributed by atoms with E-state index in [1.807, 2.05) is 18.2 Å². The average Bonchev–Trinajstić information content (AvgIpc) is 2.30. The highest BCUT2D eigenvalue weighted by atomic mass is 15.1. The molecule has 1 aromatic heterocycles. The van der Waals surface area contributed by atoms with Gasteiger partial charge in [0.25, 0.3) is 0 Å². The highest BCUT2D eigenvalue weighted by molar-refractivity contribution is 5.61. The summed E-state index contributed by atoms with van der Waals surface area (Å²) in [6, 6.07) is 9.82. The maximum atomic E-state index is 5.86. The lowest BCUT2D eigenvalue weighted by Gasteiger charge is -2.18. The number of hydrogen-bond acceptors (Lipinski definition) is 4. The summed E-state index contributed by atoms with van der Waals surface area (Å²) in [4.78, 5) is 8.83. The minimum atomic E-state index is -0.127. The first-order valence-electron chi connectivity index (χ1n) is 6.34. The second-order valence-electron chi connectivity index (χ2n) is 5.69. The van der Waals surface area contributed by atoms with Crippen molar-refractivity contribution in [2.24, 2.45) is 0 Å². The smallest absolute Gasteiger partial charge is 0.138 e. The topological polar surface area (TPSA) is 63.8 Å². The molecule has 0 bridgehead atoms. The fourth-order valence-corrected chi connectivity index (χ4v) is 1.72. The summed E-state index contributed by atoms with van der Waals surface area (Å²) in [5, 5.41) is 3.29. The number of nitrogens with zero attached hydrogens (tertiary/aromatic N) is 2. The fourth-order valence-electron chi connectivity index (χ4n) is 1.72. The number of anilines is 3. The Morgan fingerprint density at radius 1 is 1.11 bits per heavy atom. The largest absolute Gasteiger partial charge is 0.384 e. The van der Waals surface area contributed by atoms with Crippen LogP contribution in [0, 0.1) is 6.92 Å². The quantitative estimate of drug-likeness (QED) is 0.864. The van der Waals surface area contributed by atoms with Crippen LogP contribution in [0.5, 0.6) is 0 Å². The summed E-state index contributed by atoms with van der Waals surface area (Å²) in [5.74, 6) is 1.95. The number of benzene rings is 1. The van der Waals surface area contributed by atoms with Gasteiger partial charge in [0.1, 0.15) is 17.5 Å². The first-order valence-corrected chi connectivity index (χ1v) is 6.34. The molecule has 0 radical (unpaired) electrons. The molecular formula is C15H20N4. The lowest BCUT2D eigenvalue weighted by Crippen LogP contribution is -2.17. The van der Waals surface area contributed by atoms with Crippen molar-refractivity contribution in [3.05, 3.63) is 41.7 Å². The summed E-state index contributed by atoms with van der Waals surface area (Å²) in [6.45, 7) is 8.26. The summed E-state index contributed by atoms with van der Waals surface area (Å²) >= 11 is 0. The zero-order chi connectivity index (χ0) is 14.0. The van der Waals surface area contributed by atoms with Crippen LogP contribution in [-0.4, -0.2) is 9.97 Å². The Morgan fingerprint density at radius 2 is 1.79 bits per heavy atom. The number of para-hydroxylation sites is 1. The van der Waals surface area contributed by atoms with Gasteiger partial charge in [0.2, 0.25) is 0 Å². The van der Waals surface area contributed by atoms with E-state index in [-0.39, 0.29) is 5.41 Å². The molecule has 4 nitrogen and oxygen atoms in total. The lowest BCUT2D eigenvalue weighted by molar-refractivity contribution is 0.547. The first-order chi connectivity index (χ1) is 8.86. The van der Waals surface area contributed by atoms with E-state index < -0.39 is 0 Å². The number of hydrogen-bond donors (Lipinski definition) is 2. The molecule has 0 aliphatic carbocycles. The van der Waals surface area contributed by atoms with E-state index in [1.54, 1.807) is 6.07 Å². The van der Waals surface area contributed by atoms with E-state index in [4.69, 9.17) is 5.73 Å². The molecule has 19 heavy (non-hydrogen) atoms. The number of rotatable bonds is 2. The monoisotopic (exact) mass is 256 g/mol. The third-order valence-corrected chi connectivity index (χ3v) is 2.82. The van der Waals surface area contributed by atoms with E-state index in [1.165, 1.54) is 0 Å². The van der Waals surface area contributed by atoms with Crippen molar-refractivity contribution in [3.8, 4) is 0 Å². The Balaban J connectivity index is 2.36. The van der Waals surface area contributed by atoms with Gasteiger partial charge in [-0.15, -0.1) is 0 Å². The van der Waals surface area contributed by atoms with Crippen LogP contribution in [0.4, 0.5) is 17.3 Å². The number of aryl methyl sites for hydroxylation is 1. The second-order valence-corrected chi connectivity index (χ2v) is 5.69. The lowest BCUT2D eigenvalue weighted by atomic mass is 9.96. The van der Waals surface area contributed by atoms with Crippen LogP contribution >= 0.6 is 0 Å². The normalized spacial score (nSPS) is 11.4. The molecule has 0 saturated heterocycles. The van der Waals surface area contributed by atoms with Crippen molar-refractivity contribution in [3.63, 3.8) is 0 Å². The summed E-state index contributed by atoms with van der Waals surface area (Å²) in [7, 11) is 0. The maximum Gasteiger partial charge on any atom is 0.138 e. The molecule has 0 spiro atoms. The molecule has 0 unspecified atom stereocenters. The summed E-state index contributed by atoms with van der Waals surface area (Å²) in [5.41, 5.74) is 7.92. The van der Waals surface area contributed by atoms with Gasteiger partial charge >= 0.3 is 0 Å². The van der Waals surface area contributed by atoms with Crippen molar-refractivity contribution in [2.45, 2.75) is 33.1 Å². The van der Waals surface area contributed by atoms with Crippen molar-refractivity contribution in [2.75, 3.05) is 11.1 Å². The number of nitrogens with two attached hydrogens (primary N) is 1. The van der Waals surface area contributed by atoms with E-state index >= 15 is 0 Å². The number of nitrogens with one attached hydrogen (secondary N) is 1. The maximum absolute atomic E-state index is 5.86. The molecule has 0 aliphatic rings. The van der Waals surface area contributed by atoms with Gasteiger partial charge in [-0.1, -0.05) is 39.0 Å². The van der Waals surface area contributed by atoms with Gasteiger partial charge in [-0.25, -0.2) is 9.97 Å². The van der Waals surface area contributed by atoms with Crippen LogP contribution in [0.25, 0.3) is 0 Å². The first kappa shape index (κ1) is 13.3. The molecule has 0 saturated carbocycles. The number of nitrogen functional groups attached to an aromatic ring is 1. The van der Waals surface area contributed by atoms with Gasteiger partial charge in [-0.2, -0.15) is 0 Å². The van der Waals surface area contributed by atoms with Crippen molar-refractivity contribution in [1.82, 2.24) is 9.97 Å². The average molecular weight is 256 g/mol. The van der Waals surface area contributed by atoms with Crippen LogP contribution in [-0.2, 0) is 5.41 Å². The Labute approximate surface area is 114 Å². The van der Waals surface area contributed by atoms with E-state index in [2.05, 4.69) is 49.0 Å². The Bertz CT molecular complexity index is 585. The fraction of sp³-hybridized carbons (Fsp3) is 0.333. The molecule has 3 N–H and O–H groups in total. The van der Waals surface area contributed by atoms with Gasteiger partial charge in [-0.3, -0.25) is 0 Å². The van der Waals surface area contributed by atoms with Crippen molar-refractivity contribution >= 4 is 17.3 Å². The Morgan fingerprint density at radius 3 is 2.42 bits per heavy atom. The minimum Gasteiger partial charge on any atom is -0.384 e. The number of aromatic nitrogens is 2. The molecular weight excluding hydrogens is 236 g/mol. The molecule has 1 aromatic carbocycles. The molecule has 0 amide bonds. The van der Waals surface area contributed by atoms with Crippen molar-refractivity contribution in [1.29, 1.82) is 0 Å². The predicted molar refractivity (Wildman–Crippen MR) is 79.6 cm³/mol. The van der Waals surface area contributed by atoms with Gasteiger partial charge in [-0.05, 0) is 18.6 Å². The van der Waals surface area contributed by atoms with Crippen LogP contribution < -0.4 is 11.1 Å². The molecule has 0 fully saturated rings. The summed E-state index contributed by atoms with van der Waals surface area (Å²) in [6.07, 6.45) is 0.